The number of hydrogen-bond donors (Lipinski definition) is 0. The van der Waals surface area contributed by atoms with Gasteiger partial charge in [-0.3, -0.25) is 5.32 Å². The maximum absolute atomic E-state index is 4.33. The first-order valence-electron chi connectivity index (χ1n) is 3.48. The number of nitrogens with zero attached hydrogens (tertiary/aromatic N) is 1. The molecule has 1 aromatic carbocycles. The van der Waals surface area contributed by atoms with Gasteiger partial charge < -0.3 is 0 Å². The van der Waals surface area contributed by atoms with Gasteiger partial charge in [-0.15, -0.1) is 0 Å². The van der Waals surface area contributed by atoms with Crippen LogP contribution in [0.4, 0.5) is 0 Å². The van der Waals surface area contributed by atoms with Crippen molar-refractivity contribution in [2.75, 3.05) is 0 Å². The van der Waals surface area contributed by atoms with Crippen LogP contribution >= 0.6 is 0 Å². The zero-order chi connectivity index (χ0) is 6.55. The van der Waals surface area contributed by atoms with Gasteiger partial charge in [0.05, 0.1) is 11.4 Å². The van der Waals surface area contributed by atoms with Crippen molar-refractivity contribution < 1.29 is 0 Å². The molecule has 0 amide bonds. The molecule has 2 aliphatic heterocycles. The standard InChI is InChI=1S/C9H6N/c1-2-4-7-6(3-1)8-5-9(7)10-8/h1-4H,5H2. The van der Waals surface area contributed by atoms with Crippen LogP contribution in [-0.4, -0.2) is 0 Å². The van der Waals surface area contributed by atoms with E-state index in [-0.39, 0.29) is 0 Å². The van der Waals surface area contributed by atoms with Gasteiger partial charge in [0.1, 0.15) is 0 Å². The van der Waals surface area contributed by atoms with Crippen LogP contribution in [-0.2, 0) is 0 Å². The van der Waals surface area contributed by atoms with E-state index < -0.39 is 0 Å². The molecule has 1 fully saturated rings. The van der Waals surface area contributed by atoms with Crippen LogP contribution in [0.3, 0.4) is 0 Å². The Morgan fingerprint density at radius 3 is 2.00 bits per heavy atom. The largest absolute Gasteiger partial charge is 0.256 e. The highest BCUT2D eigenvalue weighted by molar-refractivity contribution is 5.79. The van der Waals surface area contributed by atoms with Gasteiger partial charge in [-0.1, -0.05) is 24.3 Å². The predicted octanol–water partition coefficient (Wildman–Crippen LogP) is -0.0753. The first kappa shape index (κ1) is 4.56. The Labute approximate surface area is 58.7 Å². The summed E-state index contributed by atoms with van der Waals surface area (Å²) in [6, 6.07) is 8.44. The second kappa shape index (κ2) is 1.26. The van der Waals surface area contributed by atoms with Gasteiger partial charge in [0.2, 0.25) is 0 Å². The van der Waals surface area contributed by atoms with E-state index in [1.54, 1.807) is 0 Å². The summed E-state index contributed by atoms with van der Waals surface area (Å²) in [5.41, 5.74) is 2.57. The summed E-state index contributed by atoms with van der Waals surface area (Å²) < 4.78 is 0. The molecule has 1 radical (unpaired) electrons. The molecule has 1 aliphatic carbocycles. The fourth-order valence-electron chi connectivity index (χ4n) is 1.61. The zero-order valence-corrected chi connectivity index (χ0v) is 5.46. The first-order chi connectivity index (χ1) is 4.95. The lowest BCUT2D eigenvalue weighted by Gasteiger charge is -2.13. The zero-order valence-electron chi connectivity index (χ0n) is 5.46. The fraction of sp³-hybridized carbons (Fsp3) is 0.111. The Morgan fingerprint density at radius 2 is 1.50 bits per heavy atom. The van der Waals surface area contributed by atoms with E-state index in [1.807, 2.05) is 0 Å². The third-order valence-corrected chi connectivity index (χ3v) is 2.15. The van der Waals surface area contributed by atoms with Crippen LogP contribution in [0.25, 0.3) is 11.4 Å². The molecule has 1 aromatic rings. The highest BCUT2D eigenvalue weighted by Gasteiger charge is 2.24. The van der Waals surface area contributed by atoms with Crippen LogP contribution in [0.1, 0.15) is 6.42 Å². The van der Waals surface area contributed by atoms with Gasteiger partial charge in [-0.05, 0) is 0 Å². The molecule has 2 bridgehead atoms. The minimum atomic E-state index is 1.11. The quantitative estimate of drug-likeness (QED) is 0.464. The van der Waals surface area contributed by atoms with E-state index in [4.69, 9.17) is 0 Å². The summed E-state index contributed by atoms with van der Waals surface area (Å²) in [4.78, 5) is 0. The summed E-state index contributed by atoms with van der Waals surface area (Å²) in [6.07, 6.45) is 1.11. The van der Waals surface area contributed by atoms with E-state index in [0.717, 1.165) is 6.42 Å². The summed E-state index contributed by atoms with van der Waals surface area (Å²) in [6.45, 7) is 0. The van der Waals surface area contributed by atoms with Crippen molar-refractivity contribution in [3.05, 3.63) is 34.7 Å². The molecule has 10 heavy (non-hydrogen) atoms. The molecule has 2 heterocycles. The van der Waals surface area contributed by atoms with Gasteiger partial charge in [0.15, 0.2) is 0 Å². The molecule has 0 atom stereocenters. The van der Waals surface area contributed by atoms with Crippen molar-refractivity contribution in [2.45, 2.75) is 6.42 Å². The molecule has 0 aromatic heterocycles. The van der Waals surface area contributed by atoms with Gasteiger partial charge in [-0.2, -0.15) is 0 Å². The minimum Gasteiger partial charge on any atom is -0.256 e. The molecular weight excluding hydrogens is 122 g/mol. The second-order valence-corrected chi connectivity index (χ2v) is 2.73. The third-order valence-electron chi connectivity index (χ3n) is 2.15. The van der Waals surface area contributed by atoms with E-state index >= 15 is 0 Å². The van der Waals surface area contributed by atoms with Crippen LogP contribution in [0, 0.1) is 0 Å². The number of benzene rings is 1. The van der Waals surface area contributed by atoms with Crippen molar-refractivity contribution in [2.24, 2.45) is 0 Å². The minimum absolute atomic E-state index is 1.11. The van der Waals surface area contributed by atoms with Crippen LogP contribution < -0.4 is 15.8 Å². The Morgan fingerprint density at radius 1 is 1.00 bits per heavy atom. The van der Waals surface area contributed by atoms with E-state index in [0.29, 0.717) is 0 Å². The fourth-order valence-corrected chi connectivity index (χ4v) is 1.61. The van der Waals surface area contributed by atoms with Gasteiger partial charge >= 0.3 is 0 Å². The molecule has 0 saturated carbocycles. The smallest absolute Gasteiger partial charge is 0.0546 e. The second-order valence-electron chi connectivity index (χ2n) is 2.73. The highest BCUT2D eigenvalue weighted by atomic mass is 15.0. The Hall–Kier alpha value is -1.24. The predicted molar refractivity (Wildman–Crippen MR) is 39.3 cm³/mol. The van der Waals surface area contributed by atoms with Crippen molar-refractivity contribution in [1.82, 2.24) is 5.32 Å². The van der Waals surface area contributed by atoms with E-state index in [9.17, 15) is 0 Å². The van der Waals surface area contributed by atoms with Crippen molar-refractivity contribution in [1.29, 1.82) is 0 Å². The van der Waals surface area contributed by atoms with Crippen LogP contribution in [0.15, 0.2) is 24.3 Å². The average molecular weight is 128 g/mol. The van der Waals surface area contributed by atoms with E-state index in [2.05, 4.69) is 29.6 Å². The van der Waals surface area contributed by atoms with Gasteiger partial charge in [0, 0.05) is 16.9 Å². The lowest BCUT2D eigenvalue weighted by molar-refractivity contribution is 1.01. The van der Waals surface area contributed by atoms with Gasteiger partial charge in [-0.25, -0.2) is 0 Å². The Bertz CT molecular complexity index is 366. The molecule has 47 valence electrons. The molecule has 1 nitrogen and oxygen atoms in total. The first-order valence-corrected chi connectivity index (χ1v) is 3.48. The van der Waals surface area contributed by atoms with E-state index in [1.165, 1.54) is 21.8 Å². The summed E-state index contributed by atoms with van der Waals surface area (Å²) >= 11 is 0. The topological polar surface area (TPSA) is 14.1 Å². The van der Waals surface area contributed by atoms with Crippen molar-refractivity contribution >= 4 is 11.4 Å². The van der Waals surface area contributed by atoms with Crippen molar-refractivity contribution in [3.8, 4) is 0 Å². The monoisotopic (exact) mass is 128 g/mol. The van der Waals surface area contributed by atoms with Crippen LogP contribution in [0.2, 0.25) is 0 Å². The molecule has 0 spiro atoms. The molecule has 1 saturated heterocycles. The molecular formula is C9H6N. The van der Waals surface area contributed by atoms with Gasteiger partial charge in [0.25, 0.3) is 0 Å². The summed E-state index contributed by atoms with van der Waals surface area (Å²) in [7, 11) is 0. The normalized spacial score (nSPS) is 18.0. The number of hydrogen-bond acceptors (Lipinski definition) is 0. The lowest BCUT2D eigenvalue weighted by Crippen LogP contribution is -2.19. The molecule has 0 N–H and O–H groups in total. The third kappa shape index (κ3) is 0.338. The Kier molecular flexibility index (Phi) is 0.575. The molecule has 0 unspecified atom stereocenters. The maximum Gasteiger partial charge on any atom is 0.0546 e. The summed E-state index contributed by atoms with van der Waals surface area (Å²) in [5.74, 6) is 0. The Balaban J connectivity index is 2.72. The van der Waals surface area contributed by atoms with Crippen LogP contribution in [0.5, 0.6) is 0 Å². The molecule has 4 rings (SSSR count). The average Bonchev–Trinajstić information content (AvgIpc) is 2.36. The summed E-state index contributed by atoms with van der Waals surface area (Å²) in [5, 5.41) is 7.05. The maximum atomic E-state index is 4.33. The van der Waals surface area contributed by atoms with Crippen molar-refractivity contribution in [3.63, 3.8) is 0 Å². The molecule has 1 heteroatoms. The lowest BCUT2D eigenvalue weighted by atomic mass is 10.2. The SMILES string of the molecule is c1ccc2c(c1)=C1CC=2[N]1. The highest BCUT2D eigenvalue weighted by Crippen LogP contribution is 2.24. The molecule has 3 aliphatic rings. The number of rotatable bonds is 0.